The van der Waals surface area contributed by atoms with E-state index in [1.807, 2.05) is 0 Å². The Morgan fingerprint density at radius 1 is 1.10 bits per heavy atom. The van der Waals surface area contributed by atoms with Crippen LogP contribution in [0.2, 0.25) is 0 Å². The van der Waals surface area contributed by atoms with Gasteiger partial charge < -0.3 is 9.73 Å². The largest absolute Gasteiger partial charge is 0.441 e. The lowest BCUT2D eigenvalue weighted by Crippen LogP contribution is -2.25. The van der Waals surface area contributed by atoms with Gasteiger partial charge in [0.05, 0.1) is 16.7 Å². The number of aromatic nitrogens is 1. The fourth-order valence-corrected chi connectivity index (χ4v) is 3.23. The van der Waals surface area contributed by atoms with Gasteiger partial charge in [-0.15, -0.1) is 0 Å². The number of carbonyl (C=O) groups is 1. The van der Waals surface area contributed by atoms with Crippen LogP contribution in [0.25, 0.3) is 11.3 Å². The predicted octanol–water partition coefficient (Wildman–Crippen LogP) is 2.42. The molecule has 0 unspecified atom stereocenters. The first-order valence-electron chi connectivity index (χ1n) is 8.91. The van der Waals surface area contributed by atoms with Gasteiger partial charge in [0.2, 0.25) is 15.9 Å². The molecule has 0 bridgehead atoms. The number of nitrogens with two attached hydrogens (primary N) is 1. The van der Waals surface area contributed by atoms with Crippen LogP contribution in [0.4, 0.5) is 4.39 Å². The van der Waals surface area contributed by atoms with Crippen molar-refractivity contribution in [1.29, 1.82) is 0 Å². The second-order valence-corrected chi connectivity index (χ2v) is 7.95. The van der Waals surface area contributed by atoms with Gasteiger partial charge in [-0.1, -0.05) is 24.3 Å². The summed E-state index contributed by atoms with van der Waals surface area (Å²) in [5.74, 6) is 0.111. The van der Waals surface area contributed by atoms with Crippen LogP contribution in [-0.4, -0.2) is 25.9 Å². The van der Waals surface area contributed by atoms with E-state index in [9.17, 15) is 17.6 Å². The van der Waals surface area contributed by atoms with Crippen molar-refractivity contribution in [3.8, 4) is 11.3 Å². The Bertz CT molecular complexity index is 1090. The second-order valence-electron chi connectivity index (χ2n) is 6.39. The minimum absolute atomic E-state index is 0.0472. The van der Waals surface area contributed by atoms with Crippen LogP contribution < -0.4 is 10.5 Å². The highest BCUT2D eigenvalue weighted by molar-refractivity contribution is 7.89. The number of oxazole rings is 1. The van der Waals surface area contributed by atoms with E-state index < -0.39 is 15.8 Å². The molecule has 0 aliphatic carbocycles. The van der Waals surface area contributed by atoms with Crippen molar-refractivity contribution in [2.75, 3.05) is 6.54 Å². The summed E-state index contributed by atoms with van der Waals surface area (Å²) in [6, 6.07) is 12.4. The fourth-order valence-electron chi connectivity index (χ4n) is 2.71. The normalized spacial score (nSPS) is 11.4. The van der Waals surface area contributed by atoms with Gasteiger partial charge in [-0.05, 0) is 36.2 Å². The Morgan fingerprint density at radius 2 is 1.83 bits per heavy atom. The number of sulfonamides is 1. The minimum atomic E-state index is -3.71. The molecule has 9 heteroatoms. The summed E-state index contributed by atoms with van der Waals surface area (Å²) >= 11 is 0. The van der Waals surface area contributed by atoms with Crippen molar-refractivity contribution in [2.45, 2.75) is 24.2 Å². The Hall–Kier alpha value is -3.04. The third-order valence-electron chi connectivity index (χ3n) is 4.25. The lowest BCUT2D eigenvalue weighted by Gasteiger charge is -2.05. The highest BCUT2D eigenvalue weighted by Crippen LogP contribution is 2.23. The summed E-state index contributed by atoms with van der Waals surface area (Å²) in [6.45, 7) is 0.402. The van der Waals surface area contributed by atoms with Crippen molar-refractivity contribution in [3.63, 3.8) is 0 Å². The molecule has 152 valence electrons. The molecule has 0 radical (unpaired) electrons. The first kappa shape index (κ1) is 20.7. The van der Waals surface area contributed by atoms with Crippen LogP contribution in [0, 0.1) is 5.82 Å². The molecule has 3 N–H and O–H groups in total. The number of halogens is 1. The zero-order chi connectivity index (χ0) is 20.9. The molecule has 0 aliphatic rings. The van der Waals surface area contributed by atoms with Crippen LogP contribution in [0.5, 0.6) is 0 Å². The molecule has 1 heterocycles. The smallest absolute Gasteiger partial charge is 0.238 e. The van der Waals surface area contributed by atoms with Crippen molar-refractivity contribution < 1.29 is 22.0 Å². The molecule has 2 aromatic carbocycles. The lowest BCUT2D eigenvalue weighted by atomic mass is 10.1. The molecule has 3 aromatic rings. The monoisotopic (exact) mass is 417 g/mol. The molecule has 0 aliphatic heterocycles. The van der Waals surface area contributed by atoms with Gasteiger partial charge >= 0.3 is 0 Å². The van der Waals surface area contributed by atoms with E-state index in [1.54, 1.807) is 30.3 Å². The average molecular weight is 417 g/mol. The van der Waals surface area contributed by atoms with E-state index in [0.717, 1.165) is 5.56 Å². The molecule has 29 heavy (non-hydrogen) atoms. The summed E-state index contributed by atoms with van der Waals surface area (Å²) in [5.41, 5.74) is 1.20. The Kier molecular flexibility index (Phi) is 6.40. The van der Waals surface area contributed by atoms with Gasteiger partial charge in [-0.2, -0.15) is 0 Å². The molecule has 0 fully saturated rings. The lowest BCUT2D eigenvalue weighted by molar-refractivity contribution is -0.121. The van der Waals surface area contributed by atoms with Crippen molar-refractivity contribution in [1.82, 2.24) is 10.3 Å². The molecule has 0 saturated heterocycles. The molecule has 0 atom stereocenters. The van der Waals surface area contributed by atoms with Crippen molar-refractivity contribution in [3.05, 3.63) is 72.0 Å². The second kappa shape index (κ2) is 8.97. The SMILES string of the molecule is NS(=O)(=O)c1ccc(CCNC(=O)CCc2ncc(-c3ccccc3F)o2)cc1. The van der Waals surface area contributed by atoms with Crippen LogP contribution in [0.3, 0.4) is 0 Å². The standard InChI is InChI=1S/C20H20FN3O4S/c21-17-4-2-1-3-16(17)18-13-24-20(28-18)10-9-19(25)23-12-11-14-5-7-15(8-6-14)29(22,26)27/h1-8,13H,9-12H2,(H,23,25)(H2,22,26,27). The molecule has 0 saturated carbocycles. The minimum Gasteiger partial charge on any atom is -0.441 e. The average Bonchev–Trinajstić information content (AvgIpc) is 3.15. The number of aryl methyl sites for hydroxylation is 1. The Balaban J connectivity index is 1.44. The Labute approximate surface area is 167 Å². The third kappa shape index (κ3) is 5.72. The van der Waals surface area contributed by atoms with Crippen LogP contribution >= 0.6 is 0 Å². The summed E-state index contributed by atoms with van der Waals surface area (Å²) < 4.78 is 41.7. The number of benzene rings is 2. The van der Waals surface area contributed by atoms with Gasteiger partial charge in [0, 0.05) is 19.4 Å². The maximum atomic E-state index is 13.8. The van der Waals surface area contributed by atoms with Crippen LogP contribution in [0.15, 0.2) is 64.0 Å². The zero-order valence-electron chi connectivity index (χ0n) is 15.5. The van der Waals surface area contributed by atoms with Gasteiger partial charge in [0.15, 0.2) is 11.7 Å². The molecular weight excluding hydrogens is 397 g/mol. The number of hydrogen-bond acceptors (Lipinski definition) is 5. The molecular formula is C20H20FN3O4S. The van der Waals surface area contributed by atoms with Crippen LogP contribution in [-0.2, 0) is 27.7 Å². The predicted molar refractivity (Wildman–Crippen MR) is 105 cm³/mol. The number of amides is 1. The van der Waals surface area contributed by atoms with E-state index in [-0.39, 0.29) is 17.2 Å². The van der Waals surface area contributed by atoms with Crippen molar-refractivity contribution >= 4 is 15.9 Å². The number of primary sulfonamides is 1. The number of carbonyl (C=O) groups excluding carboxylic acids is 1. The van der Waals surface area contributed by atoms with Crippen LogP contribution in [0.1, 0.15) is 17.9 Å². The number of rotatable bonds is 8. The summed E-state index contributed by atoms with van der Waals surface area (Å²) in [6.07, 6.45) is 2.47. The van der Waals surface area contributed by atoms with E-state index in [1.165, 1.54) is 24.4 Å². The van der Waals surface area contributed by atoms with Gasteiger partial charge in [0.25, 0.3) is 0 Å². The number of nitrogens with zero attached hydrogens (tertiary/aromatic N) is 1. The van der Waals surface area contributed by atoms with E-state index in [2.05, 4.69) is 10.3 Å². The van der Waals surface area contributed by atoms with E-state index >= 15 is 0 Å². The summed E-state index contributed by atoms with van der Waals surface area (Å²) in [5, 5.41) is 7.84. The summed E-state index contributed by atoms with van der Waals surface area (Å²) in [7, 11) is -3.71. The van der Waals surface area contributed by atoms with E-state index in [0.29, 0.717) is 36.6 Å². The number of hydrogen-bond donors (Lipinski definition) is 2. The maximum absolute atomic E-state index is 13.8. The third-order valence-corrected chi connectivity index (χ3v) is 5.18. The molecule has 1 amide bonds. The van der Waals surface area contributed by atoms with Gasteiger partial charge in [-0.25, -0.2) is 22.9 Å². The molecule has 7 nitrogen and oxygen atoms in total. The number of nitrogens with one attached hydrogen (secondary N) is 1. The maximum Gasteiger partial charge on any atom is 0.238 e. The molecule has 0 spiro atoms. The quantitative estimate of drug-likeness (QED) is 0.584. The topological polar surface area (TPSA) is 115 Å². The molecule has 3 rings (SSSR count). The fraction of sp³-hybridized carbons (Fsp3) is 0.200. The Morgan fingerprint density at radius 3 is 2.52 bits per heavy atom. The molecule has 1 aromatic heterocycles. The first-order valence-corrected chi connectivity index (χ1v) is 10.5. The van der Waals surface area contributed by atoms with Gasteiger partial charge in [0.1, 0.15) is 5.82 Å². The highest BCUT2D eigenvalue weighted by atomic mass is 32.2. The van der Waals surface area contributed by atoms with Crippen molar-refractivity contribution in [2.24, 2.45) is 5.14 Å². The van der Waals surface area contributed by atoms with Gasteiger partial charge in [-0.3, -0.25) is 4.79 Å². The zero-order valence-corrected chi connectivity index (χ0v) is 16.3. The highest BCUT2D eigenvalue weighted by Gasteiger charge is 2.12. The summed E-state index contributed by atoms with van der Waals surface area (Å²) in [4.78, 5) is 16.1. The first-order chi connectivity index (χ1) is 13.8. The van der Waals surface area contributed by atoms with E-state index in [4.69, 9.17) is 9.56 Å².